The number of esters is 1. The van der Waals surface area contributed by atoms with Crippen molar-refractivity contribution in [3.63, 3.8) is 0 Å². The Bertz CT molecular complexity index is 826. The first-order chi connectivity index (χ1) is 10.7. The Morgan fingerprint density at radius 2 is 2.05 bits per heavy atom. The Kier molecular flexibility index (Phi) is 3.78. The predicted octanol–water partition coefficient (Wildman–Crippen LogP) is 4.28. The fourth-order valence-electron chi connectivity index (χ4n) is 2.22. The van der Waals surface area contributed by atoms with Crippen LogP contribution in [0, 0.1) is 5.82 Å². The summed E-state index contributed by atoms with van der Waals surface area (Å²) in [6.45, 7) is 1.95. The molecule has 0 aliphatic heterocycles. The minimum Gasteiger partial charge on any atom is -0.462 e. The van der Waals surface area contributed by atoms with Crippen molar-refractivity contribution in [2.45, 2.75) is 6.92 Å². The number of nitrogens with one attached hydrogen (secondary N) is 1. The molecule has 0 aliphatic carbocycles. The molecule has 0 atom stereocenters. The standard InChI is InChI=1S/C17H14FNO3/c1-2-21-17(20)13-7-6-11(18)10-16(13)22-15-5-3-4-14-12(15)8-9-19-14/h3-10,19H,2H2,1H3. The SMILES string of the molecule is CCOC(=O)c1ccc(F)cc1Oc1cccc2[nH]ccc12. The van der Waals surface area contributed by atoms with E-state index in [1.54, 1.807) is 19.2 Å². The quantitative estimate of drug-likeness (QED) is 0.732. The van der Waals surface area contributed by atoms with Gasteiger partial charge in [-0.25, -0.2) is 9.18 Å². The van der Waals surface area contributed by atoms with Gasteiger partial charge in [-0.05, 0) is 37.3 Å². The topological polar surface area (TPSA) is 51.3 Å². The van der Waals surface area contributed by atoms with E-state index in [1.165, 1.54) is 18.2 Å². The van der Waals surface area contributed by atoms with Gasteiger partial charge in [0.2, 0.25) is 0 Å². The van der Waals surface area contributed by atoms with Crippen LogP contribution in [0.5, 0.6) is 11.5 Å². The Labute approximate surface area is 126 Å². The number of aromatic amines is 1. The van der Waals surface area contributed by atoms with Crippen molar-refractivity contribution in [2.24, 2.45) is 0 Å². The number of fused-ring (bicyclic) bond motifs is 1. The third-order valence-electron chi connectivity index (χ3n) is 3.21. The van der Waals surface area contributed by atoms with E-state index in [2.05, 4.69) is 4.98 Å². The van der Waals surface area contributed by atoms with Crippen molar-refractivity contribution in [1.82, 2.24) is 4.98 Å². The van der Waals surface area contributed by atoms with Crippen LogP contribution >= 0.6 is 0 Å². The summed E-state index contributed by atoms with van der Waals surface area (Å²) in [4.78, 5) is 15.0. The van der Waals surface area contributed by atoms with Crippen molar-refractivity contribution in [3.05, 3.63) is 60.0 Å². The number of rotatable bonds is 4. The van der Waals surface area contributed by atoms with Gasteiger partial charge >= 0.3 is 5.97 Å². The van der Waals surface area contributed by atoms with E-state index in [-0.39, 0.29) is 17.9 Å². The van der Waals surface area contributed by atoms with Gasteiger partial charge < -0.3 is 14.5 Å². The molecule has 0 amide bonds. The summed E-state index contributed by atoms with van der Waals surface area (Å²) in [5.74, 6) is -0.356. The fraction of sp³-hybridized carbons (Fsp3) is 0.118. The van der Waals surface area contributed by atoms with E-state index in [0.717, 1.165) is 10.9 Å². The minimum atomic E-state index is -0.543. The van der Waals surface area contributed by atoms with Crippen LogP contribution in [0.2, 0.25) is 0 Å². The van der Waals surface area contributed by atoms with Gasteiger partial charge in [-0.1, -0.05) is 6.07 Å². The van der Waals surface area contributed by atoms with E-state index < -0.39 is 11.8 Å². The smallest absolute Gasteiger partial charge is 0.341 e. The van der Waals surface area contributed by atoms with Gasteiger partial charge in [-0.3, -0.25) is 0 Å². The highest BCUT2D eigenvalue weighted by atomic mass is 19.1. The lowest BCUT2D eigenvalue weighted by Gasteiger charge is -2.11. The van der Waals surface area contributed by atoms with E-state index in [9.17, 15) is 9.18 Å². The molecule has 0 radical (unpaired) electrons. The Morgan fingerprint density at radius 1 is 1.18 bits per heavy atom. The number of ether oxygens (including phenoxy) is 2. The second kappa shape index (κ2) is 5.89. The predicted molar refractivity (Wildman–Crippen MR) is 80.7 cm³/mol. The molecule has 22 heavy (non-hydrogen) atoms. The molecule has 0 aliphatic rings. The van der Waals surface area contributed by atoms with Crippen molar-refractivity contribution >= 4 is 16.9 Å². The van der Waals surface area contributed by atoms with Gasteiger partial charge in [-0.15, -0.1) is 0 Å². The highest BCUT2D eigenvalue weighted by molar-refractivity contribution is 5.93. The Balaban J connectivity index is 2.02. The molecule has 2 aromatic carbocycles. The molecule has 3 rings (SSSR count). The third-order valence-corrected chi connectivity index (χ3v) is 3.21. The summed E-state index contributed by atoms with van der Waals surface area (Å²) < 4.78 is 24.3. The van der Waals surface area contributed by atoms with Crippen LogP contribution in [0.1, 0.15) is 17.3 Å². The first kappa shape index (κ1) is 14.1. The van der Waals surface area contributed by atoms with Gasteiger partial charge in [0.1, 0.15) is 22.9 Å². The molecule has 0 bridgehead atoms. The van der Waals surface area contributed by atoms with Crippen LogP contribution in [0.3, 0.4) is 0 Å². The number of carbonyl (C=O) groups is 1. The molecule has 5 heteroatoms. The Hall–Kier alpha value is -2.82. The molecule has 0 spiro atoms. The Morgan fingerprint density at radius 3 is 2.86 bits per heavy atom. The van der Waals surface area contributed by atoms with Crippen molar-refractivity contribution in [1.29, 1.82) is 0 Å². The number of hydrogen-bond donors (Lipinski definition) is 1. The van der Waals surface area contributed by atoms with Gasteiger partial charge in [0, 0.05) is 23.2 Å². The minimum absolute atomic E-state index is 0.132. The van der Waals surface area contributed by atoms with Crippen LogP contribution in [0.4, 0.5) is 4.39 Å². The van der Waals surface area contributed by atoms with E-state index in [1.807, 2.05) is 18.2 Å². The molecule has 0 fully saturated rings. The summed E-state index contributed by atoms with van der Waals surface area (Å²) in [6, 6.07) is 11.1. The summed E-state index contributed by atoms with van der Waals surface area (Å²) in [5, 5.41) is 0.849. The van der Waals surface area contributed by atoms with Gasteiger partial charge in [0.25, 0.3) is 0 Å². The van der Waals surface area contributed by atoms with E-state index >= 15 is 0 Å². The van der Waals surface area contributed by atoms with E-state index in [4.69, 9.17) is 9.47 Å². The van der Waals surface area contributed by atoms with E-state index in [0.29, 0.717) is 5.75 Å². The monoisotopic (exact) mass is 299 g/mol. The molecule has 3 aromatic rings. The summed E-state index contributed by atoms with van der Waals surface area (Å²) in [6.07, 6.45) is 1.79. The zero-order valence-corrected chi connectivity index (χ0v) is 11.9. The first-order valence-electron chi connectivity index (χ1n) is 6.89. The highest BCUT2D eigenvalue weighted by Gasteiger charge is 2.16. The molecule has 0 saturated carbocycles. The molecule has 4 nitrogen and oxygen atoms in total. The molecular formula is C17H14FNO3. The number of halogens is 1. The molecule has 1 aromatic heterocycles. The zero-order valence-electron chi connectivity index (χ0n) is 11.9. The van der Waals surface area contributed by atoms with Crippen LogP contribution < -0.4 is 4.74 Å². The van der Waals surface area contributed by atoms with Crippen molar-refractivity contribution < 1.29 is 18.7 Å². The third kappa shape index (κ3) is 2.65. The van der Waals surface area contributed by atoms with Gasteiger partial charge in [0.15, 0.2) is 0 Å². The molecule has 1 N–H and O–H groups in total. The van der Waals surface area contributed by atoms with Crippen LogP contribution in [0.25, 0.3) is 10.9 Å². The number of carbonyl (C=O) groups excluding carboxylic acids is 1. The van der Waals surface area contributed by atoms with Gasteiger partial charge in [0.05, 0.1) is 6.61 Å². The lowest BCUT2D eigenvalue weighted by molar-refractivity contribution is 0.0523. The lowest BCUT2D eigenvalue weighted by atomic mass is 10.2. The molecular weight excluding hydrogens is 285 g/mol. The average Bonchev–Trinajstić information content (AvgIpc) is 2.97. The second-order valence-electron chi connectivity index (χ2n) is 4.66. The molecule has 0 saturated heterocycles. The maximum Gasteiger partial charge on any atom is 0.341 e. The van der Waals surface area contributed by atoms with Crippen LogP contribution in [-0.2, 0) is 4.74 Å². The number of aromatic nitrogens is 1. The molecule has 0 unspecified atom stereocenters. The number of hydrogen-bond acceptors (Lipinski definition) is 3. The molecule has 112 valence electrons. The largest absolute Gasteiger partial charge is 0.462 e. The highest BCUT2D eigenvalue weighted by Crippen LogP contribution is 2.32. The number of benzene rings is 2. The van der Waals surface area contributed by atoms with Crippen LogP contribution in [0.15, 0.2) is 48.7 Å². The molecule has 1 heterocycles. The second-order valence-corrected chi connectivity index (χ2v) is 4.66. The normalized spacial score (nSPS) is 10.6. The first-order valence-corrected chi connectivity index (χ1v) is 6.89. The van der Waals surface area contributed by atoms with Gasteiger partial charge in [-0.2, -0.15) is 0 Å². The fourth-order valence-corrected chi connectivity index (χ4v) is 2.22. The summed E-state index contributed by atoms with van der Waals surface area (Å²) in [7, 11) is 0. The van der Waals surface area contributed by atoms with Crippen molar-refractivity contribution in [2.75, 3.05) is 6.61 Å². The lowest BCUT2D eigenvalue weighted by Crippen LogP contribution is -2.06. The van der Waals surface area contributed by atoms with Crippen LogP contribution in [-0.4, -0.2) is 17.6 Å². The average molecular weight is 299 g/mol. The summed E-state index contributed by atoms with van der Waals surface area (Å²) >= 11 is 0. The summed E-state index contributed by atoms with van der Waals surface area (Å²) in [5.41, 5.74) is 1.09. The maximum absolute atomic E-state index is 13.5. The zero-order chi connectivity index (χ0) is 15.5. The number of H-pyrrole nitrogens is 1. The maximum atomic E-state index is 13.5. The van der Waals surface area contributed by atoms with Crippen molar-refractivity contribution in [3.8, 4) is 11.5 Å².